The van der Waals surface area contributed by atoms with Gasteiger partial charge < -0.3 is 14.8 Å². The number of aromatic amines is 1. The summed E-state index contributed by atoms with van der Waals surface area (Å²) in [5, 5.41) is 9.97. The van der Waals surface area contributed by atoms with Gasteiger partial charge in [-0.25, -0.2) is 0 Å². The second-order valence-corrected chi connectivity index (χ2v) is 6.32. The third kappa shape index (κ3) is 4.88. The van der Waals surface area contributed by atoms with Gasteiger partial charge in [0.1, 0.15) is 11.5 Å². The van der Waals surface area contributed by atoms with E-state index in [0.29, 0.717) is 11.4 Å². The molecule has 0 atom stereocenters. The van der Waals surface area contributed by atoms with E-state index < -0.39 is 0 Å². The van der Waals surface area contributed by atoms with Crippen LogP contribution in [0, 0.1) is 6.92 Å². The zero-order valence-electron chi connectivity index (χ0n) is 15.7. The topological polar surface area (TPSA) is 76.2 Å². The fraction of sp³-hybridized carbons (Fsp3) is 0.238. The Balaban J connectivity index is 1.62. The van der Waals surface area contributed by atoms with Crippen molar-refractivity contribution in [3.05, 3.63) is 70.9 Å². The number of aryl methyl sites for hydroxylation is 3. The van der Waals surface area contributed by atoms with Gasteiger partial charge in [0.25, 0.3) is 5.91 Å². The lowest BCUT2D eigenvalue weighted by molar-refractivity contribution is 0.102. The molecule has 0 fully saturated rings. The standard InChI is InChI=1S/C21H23N3O3/c1-14-5-4-6-16(9-14)21(25)22-20-12-17(23-24-20)8-7-15-10-18(26-2)13-19(11-15)27-3/h4-6,9-13H,7-8H2,1-3H3,(H2,22,23,24,25). The number of carbonyl (C=O) groups is 1. The number of rotatable bonds is 7. The minimum atomic E-state index is -0.172. The summed E-state index contributed by atoms with van der Waals surface area (Å²) in [5.41, 5.74) is 3.70. The molecule has 0 bridgehead atoms. The Morgan fingerprint density at radius 2 is 1.78 bits per heavy atom. The summed E-state index contributed by atoms with van der Waals surface area (Å²) in [7, 11) is 3.27. The van der Waals surface area contributed by atoms with Gasteiger partial charge in [-0.15, -0.1) is 0 Å². The van der Waals surface area contributed by atoms with Crippen molar-refractivity contribution in [3.8, 4) is 11.5 Å². The number of nitrogens with one attached hydrogen (secondary N) is 2. The van der Waals surface area contributed by atoms with Crippen molar-refractivity contribution in [2.45, 2.75) is 19.8 Å². The van der Waals surface area contributed by atoms with Gasteiger partial charge in [-0.3, -0.25) is 9.89 Å². The zero-order chi connectivity index (χ0) is 19.2. The minimum absolute atomic E-state index is 0.172. The van der Waals surface area contributed by atoms with E-state index in [9.17, 15) is 4.79 Å². The first-order valence-corrected chi connectivity index (χ1v) is 8.71. The maximum Gasteiger partial charge on any atom is 0.256 e. The zero-order valence-corrected chi connectivity index (χ0v) is 15.7. The summed E-state index contributed by atoms with van der Waals surface area (Å²) >= 11 is 0. The van der Waals surface area contributed by atoms with Crippen LogP contribution in [0.4, 0.5) is 5.82 Å². The number of amides is 1. The van der Waals surface area contributed by atoms with E-state index in [4.69, 9.17) is 9.47 Å². The van der Waals surface area contributed by atoms with Crippen LogP contribution in [0.5, 0.6) is 11.5 Å². The van der Waals surface area contributed by atoms with Gasteiger partial charge in [-0.2, -0.15) is 5.10 Å². The number of hydrogen-bond acceptors (Lipinski definition) is 4. The lowest BCUT2D eigenvalue weighted by Crippen LogP contribution is -2.12. The third-order valence-corrected chi connectivity index (χ3v) is 4.25. The van der Waals surface area contributed by atoms with E-state index in [1.807, 2.05) is 49.4 Å². The Morgan fingerprint density at radius 1 is 1.04 bits per heavy atom. The summed E-state index contributed by atoms with van der Waals surface area (Å²) in [6.45, 7) is 1.96. The van der Waals surface area contributed by atoms with Crippen LogP contribution < -0.4 is 14.8 Å². The average Bonchev–Trinajstić information content (AvgIpc) is 3.13. The van der Waals surface area contributed by atoms with Crippen LogP contribution in [0.2, 0.25) is 0 Å². The lowest BCUT2D eigenvalue weighted by atomic mass is 10.1. The average molecular weight is 365 g/mol. The summed E-state index contributed by atoms with van der Waals surface area (Å²) in [6.07, 6.45) is 1.55. The maximum atomic E-state index is 12.3. The quantitative estimate of drug-likeness (QED) is 0.668. The van der Waals surface area contributed by atoms with Crippen molar-refractivity contribution in [1.82, 2.24) is 10.2 Å². The normalized spacial score (nSPS) is 10.5. The van der Waals surface area contributed by atoms with Crippen LogP contribution in [-0.2, 0) is 12.8 Å². The number of anilines is 1. The Kier molecular flexibility index (Phi) is 5.76. The van der Waals surface area contributed by atoms with E-state index in [1.165, 1.54) is 0 Å². The molecule has 2 aromatic carbocycles. The molecule has 0 unspecified atom stereocenters. The Hall–Kier alpha value is -3.28. The van der Waals surface area contributed by atoms with Gasteiger partial charge in [0, 0.05) is 23.4 Å². The first-order valence-electron chi connectivity index (χ1n) is 8.71. The van der Waals surface area contributed by atoms with Crippen molar-refractivity contribution in [1.29, 1.82) is 0 Å². The molecular formula is C21H23N3O3. The first kappa shape index (κ1) is 18.5. The molecule has 27 heavy (non-hydrogen) atoms. The van der Waals surface area contributed by atoms with Gasteiger partial charge >= 0.3 is 0 Å². The van der Waals surface area contributed by atoms with Gasteiger partial charge in [0.2, 0.25) is 0 Å². The highest BCUT2D eigenvalue weighted by Crippen LogP contribution is 2.23. The highest BCUT2D eigenvalue weighted by molar-refractivity contribution is 6.03. The molecular weight excluding hydrogens is 342 g/mol. The molecule has 3 rings (SSSR count). The first-order chi connectivity index (χ1) is 13.1. The summed E-state index contributed by atoms with van der Waals surface area (Å²) in [5.74, 6) is 1.87. The molecule has 0 aliphatic heterocycles. The van der Waals surface area contributed by atoms with Gasteiger partial charge in [-0.05, 0) is 49.6 Å². The predicted octanol–water partition coefficient (Wildman–Crippen LogP) is 3.77. The molecule has 6 nitrogen and oxygen atoms in total. The summed E-state index contributed by atoms with van der Waals surface area (Å²) < 4.78 is 10.6. The van der Waals surface area contributed by atoms with Crippen LogP contribution in [0.25, 0.3) is 0 Å². The van der Waals surface area contributed by atoms with Crippen molar-refractivity contribution < 1.29 is 14.3 Å². The second kappa shape index (κ2) is 8.40. The maximum absolute atomic E-state index is 12.3. The second-order valence-electron chi connectivity index (χ2n) is 6.32. The Bertz CT molecular complexity index is 912. The molecule has 0 radical (unpaired) electrons. The molecule has 0 aliphatic rings. The number of H-pyrrole nitrogens is 1. The van der Waals surface area contributed by atoms with Gasteiger partial charge in [0.15, 0.2) is 5.82 Å². The van der Waals surface area contributed by atoms with Crippen LogP contribution in [0.3, 0.4) is 0 Å². The number of aromatic nitrogens is 2. The molecule has 140 valence electrons. The molecule has 0 spiro atoms. The number of nitrogens with zero attached hydrogens (tertiary/aromatic N) is 1. The summed E-state index contributed by atoms with van der Waals surface area (Å²) in [6, 6.07) is 15.1. The fourth-order valence-electron chi connectivity index (χ4n) is 2.82. The Labute approximate surface area is 158 Å². The number of carbonyl (C=O) groups excluding carboxylic acids is 1. The van der Waals surface area contributed by atoms with Crippen molar-refractivity contribution in [3.63, 3.8) is 0 Å². The van der Waals surface area contributed by atoms with E-state index in [0.717, 1.165) is 41.2 Å². The number of ether oxygens (including phenoxy) is 2. The van der Waals surface area contributed by atoms with Crippen molar-refractivity contribution in [2.24, 2.45) is 0 Å². The molecule has 0 saturated heterocycles. The van der Waals surface area contributed by atoms with Crippen molar-refractivity contribution >= 4 is 11.7 Å². The molecule has 0 aliphatic carbocycles. The minimum Gasteiger partial charge on any atom is -0.497 e. The molecule has 2 N–H and O–H groups in total. The number of hydrogen-bond donors (Lipinski definition) is 2. The van der Waals surface area contributed by atoms with Crippen LogP contribution in [0.15, 0.2) is 48.5 Å². The monoisotopic (exact) mass is 365 g/mol. The van der Waals surface area contributed by atoms with Crippen LogP contribution in [0.1, 0.15) is 27.2 Å². The molecule has 3 aromatic rings. The fourth-order valence-corrected chi connectivity index (χ4v) is 2.82. The smallest absolute Gasteiger partial charge is 0.256 e. The van der Waals surface area contributed by atoms with E-state index in [1.54, 1.807) is 20.3 Å². The molecule has 1 aromatic heterocycles. The number of methoxy groups -OCH3 is 2. The van der Waals surface area contributed by atoms with Crippen LogP contribution >= 0.6 is 0 Å². The summed E-state index contributed by atoms with van der Waals surface area (Å²) in [4.78, 5) is 12.3. The highest BCUT2D eigenvalue weighted by atomic mass is 16.5. The Morgan fingerprint density at radius 3 is 2.44 bits per heavy atom. The molecule has 1 amide bonds. The van der Waals surface area contributed by atoms with Crippen molar-refractivity contribution in [2.75, 3.05) is 19.5 Å². The highest BCUT2D eigenvalue weighted by Gasteiger charge is 2.09. The predicted molar refractivity (Wildman–Crippen MR) is 105 cm³/mol. The van der Waals surface area contributed by atoms with E-state index >= 15 is 0 Å². The van der Waals surface area contributed by atoms with E-state index in [2.05, 4.69) is 15.5 Å². The van der Waals surface area contributed by atoms with Gasteiger partial charge in [-0.1, -0.05) is 17.7 Å². The molecule has 6 heteroatoms. The third-order valence-electron chi connectivity index (χ3n) is 4.25. The van der Waals surface area contributed by atoms with E-state index in [-0.39, 0.29) is 5.91 Å². The largest absolute Gasteiger partial charge is 0.497 e. The molecule has 1 heterocycles. The SMILES string of the molecule is COc1cc(CCc2cc(NC(=O)c3cccc(C)c3)n[nH]2)cc(OC)c1. The van der Waals surface area contributed by atoms with Crippen LogP contribution in [-0.4, -0.2) is 30.3 Å². The molecule has 0 saturated carbocycles. The number of benzene rings is 2. The lowest BCUT2D eigenvalue weighted by Gasteiger charge is -2.08. The van der Waals surface area contributed by atoms with Gasteiger partial charge in [0.05, 0.1) is 14.2 Å².